The van der Waals surface area contributed by atoms with Gasteiger partial charge in [0.2, 0.25) is 0 Å². The number of nitrogens with two attached hydrogens (primary N) is 1. The predicted octanol–water partition coefficient (Wildman–Crippen LogP) is 3.92. The molecule has 0 unspecified atom stereocenters. The summed E-state index contributed by atoms with van der Waals surface area (Å²) in [5, 5.41) is 0.844. The van der Waals surface area contributed by atoms with Crippen LogP contribution >= 0.6 is 11.8 Å². The molecule has 0 spiro atoms. The Balaban J connectivity index is 2.01. The third-order valence-electron chi connectivity index (χ3n) is 3.20. The van der Waals surface area contributed by atoms with Crippen molar-refractivity contribution in [1.82, 2.24) is 0 Å². The van der Waals surface area contributed by atoms with Crippen molar-refractivity contribution in [2.45, 2.75) is 55.2 Å². The zero-order chi connectivity index (χ0) is 11.6. The minimum atomic E-state index is -0.226. The first kappa shape index (κ1) is 12.0. The van der Waals surface area contributed by atoms with E-state index < -0.39 is 0 Å². The summed E-state index contributed by atoms with van der Waals surface area (Å²) in [4.78, 5) is 1.39. The number of hydrogen-bond acceptors (Lipinski definition) is 2. The lowest BCUT2D eigenvalue weighted by atomic mass is 9.96. The Bertz CT molecular complexity index is 331. The first-order chi connectivity index (χ1) is 7.55. The van der Waals surface area contributed by atoms with Gasteiger partial charge in [0, 0.05) is 15.7 Å². The monoisotopic (exact) mass is 235 g/mol. The average molecular weight is 235 g/mol. The minimum Gasteiger partial charge on any atom is -0.322 e. The largest absolute Gasteiger partial charge is 0.322 e. The van der Waals surface area contributed by atoms with Crippen molar-refractivity contribution in [2.75, 3.05) is 0 Å². The summed E-state index contributed by atoms with van der Waals surface area (Å²) in [5.41, 5.74) is 7.05. The molecule has 2 rings (SSSR count). The summed E-state index contributed by atoms with van der Waals surface area (Å²) in [5.74, 6) is 0. The van der Waals surface area contributed by atoms with E-state index in [1.54, 1.807) is 0 Å². The average Bonchev–Trinajstić information content (AvgIpc) is 2.70. The minimum absolute atomic E-state index is 0.226. The van der Waals surface area contributed by atoms with Crippen LogP contribution in [0.15, 0.2) is 29.2 Å². The second-order valence-corrected chi connectivity index (χ2v) is 6.64. The van der Waals surface area contributed by atoms with E-state index in [-0.39, 0.29) is 5.54 Å². The van der Waals surface area contributed by atoms with Crippen LogP contribution in [-0.2, 0) is 5.54 Å². The van der Waals surface area contributed by atoms with E-state index in [1.807, 2.05) is 25.6 Å². The van der Waals surface area contributed by atoms with Crippen LogP contribution in [0.2, 0.25) is 0 Å². The van der Waals surface area contributed by atoms with Crippen molar-refractivity contribution >= 4 is 11.8 Å². The molecule has 16 heavy (non-hydrogen) atoms. The van der Waals surface area contributed by atoms with Gasteiger partial charge in [-0.2, -0.15) is 0 Å². The van der Waals surface area contributed by atoms with Gasteiger partial charge in [-0.1, -0.05) is 25.0 Å². The van der Waals surface area contributed by atoms with Gasteiger partial charge in [-0.3, -0.25) is 0 Å². The van der Waals surface area contributed by atoms with Crippen molar-refractivity contribution in [3.05, 3.63) is 29.8 Å². The number of rotatable bonds is 3. The van der Waals surface area contributed by atoms with E-state index in [0.717, 1.165) is 5.25 Å². The summed E-state index contributed by atoms with van der Waals surface area (Å²) >= 11 is 2.03. The maximum Gasteiger partial charge on any atom is 0.0352 e. The van der Waals surface area contributed by atoms with Crippen LogP contribution in [0.1, 0.15) is 45.1 Å². The van der Waals surface area contributed by atoms with Gasteiger partial charge in [0.25, 0.3) is 0 Å². The van der Waals surface area contributed by atoms with Crippen molar-refractivity contribution in [3.63, 3.8) is 0 Å². The highest BCUT2D eigenvalue weighted by atomic mass is 32.2. The van der Waals surface area contributed by atoms with Gasteiger partial charge in [-0.05, 0) is 44.4 Å². The molecular weight excluding hydrogens is 214 g/mol. The molecule has 0 amide bonds. The van der Waals surface area contributed by atoms with Gasteiger partial charge < -0.3 is 5.73 Å². The van der Waals surface area contributed by atoms with E-state index in [1.165, 1.54) is 36.1 Å². The zero-order valence-electron chi connectivity index (χ0n) is 10.2. The standard InChI is InChI=1S/C14H21NS/c1-14(2,15)11-7-9-13(10-8-11)16-12-5-3-4-6-12/h7-10,12H,3-6,15H2,1-2H3. The maximum absolute atomic E-state index is 6.06. The van der Waals surface area contributed by atoms with E-state index in [4.69, 9.17) is 5.73 Å². The summed E-state index contributed by atoms with van der Waals surface area (Å²) in [7, 11) is 0. The van der Waals surface area contributed by atoms with Gasteiger partial charge in [0.05, 0.1) is 0 Å². The van der Waals surface area contributed by atoms with Gasteiger partial charge in [0.1, 0.15) is 0 Å². The molecule has 0 saturated heterocycles. The molecule has 0 bridgehead atoms. The fourth-order valence-electron chi connectivity index (χ4n) is 2.16. The predicted molar refractivity (Wildman–Crippen MR) is 71.8 cm³/mol. The van der Waals surface area contributed by atoms with Crippen LogP contribution < -0.4 is 5.73 Å². The molecular formula is C14H21NS. The van der Waals surface area contributed by atoms with Gasteiger partial charge >= 0.3 is 0 Å². The molecule has 0 aromatic heterocycles. The summed E-state index contributed by atoms with van der Waals surface area (Å²) in [6.07, 6.45) is 5.58. The van der Waals surface area contributed by atoms with E-state index in [0.29, 0.717) is 0 Å². The molecule has 88 valence electrons. The molecule has 1 aliphatic carbocycles. The van der Waals surface area contributed by atoms with Crippen LogP contribution in [0.25, 0.3) is 0 Å². The van der Waals surface area contributed by atoms with Gasteiger partial charge in [-0.25, -0.2) is 0 Å². The molecule has 0 radical (unpaired) electrons. The molecule has 2 N–H and O–H groups in total. The smallest absolute Gasteiger partial charge is 0.0352 e. The molecule has 0 heterocycles. The SMILES string of the molecule is CC(C)(N)c1ccc(SC2CCCC2)cc1. The van der Waals surface area contributed by atoms with Crippen LogP contribution in [0, 0.1) is 0 Å². The first-order valence-electron chi connectivity index (χ1n) is 6.12. The fourth-order valence-corrected chi connectivity index (χ4v) is 3.41. The number of thioether (sulfide) groups is 1. The van der Waals surface area contributed by atoms with Gasteiger partial charge in [0.15, 0.2) is 0 Å². The highest BCUT2D eigenvalue weighted by Gasteiger charge is 2.17. The summed E-state index contributed by atoms with van der Waals surface area (Å²) in [6.45, 7) is 4.10. The molecule has 1 aromatic carbocycles. The molecule has 1 nitrogen and oxygen atoms in total. The van der Waals surface area contributed by atoms with Crippen molar-refractivity contribution in [1.29, 1.82) is 0 Å². The molecule has 1 fully saturated rings. The maximum atomic E-state index is 6.06. The molecule has 1 aliphatic rings. The lowest BCUT2D eigenvalue weighted by Gasteiger charge is -2.19. The molecule has 1 saturated carbocycles. The third kappa shape index (κ3) is 3.02. The van der Waals surface area contributed by atoms with E-state index in [9.17, 15) is 0 Å². The highest BCUT2D eigenvalue weighted by Crippen LogP contribution is 2.35. The Kier molecular flexibility index (Phi) is 3.60. The Morgan fingerprint density at radius 2 is 1.69 bits per heavy atom. The quantitative estimate of drug-likeness (QED) is 0.859. The third-order valence-corrected chi connectivity index (χ3v) is 4.55. The summed E-state index contributed by atoms with van der Waals surface area (Å²) in [6, 6.07) is 8.76. The molecule has 0 aliphatic heterocycles. The second-order valence-electron chi connectivity index (χ2n) is 5.27. The van der Waals surface area contributed by atoms with Crippen LogP contribution in [0.5, 0.6) is 0 Å². The highest BCUT2D eigenvalue weighted by molar-refractivity contribution is 8.00. The number of hydrogen-bond donors (Lipinski definition) is 1. The Labute approximate surface area is 103 Å². The van der Waals surface area contributed by atoms with Crippen LogP contribution in [-0.4, -0.2) is 5.25 Å². The summed E-state index contributed by atoms with van der Waals surface area (Å²) < 4.78 is 0. The fraction of sp³-hybridized carbons (Fsp3) is 0.571. The Morgan fingerprint density at radius 3 is 2.19 bits per heavy atom. The first-order valence-corrected chi connectivity index (χ1v) is 7.00. The second kappa shape index (κ2) is 4.80. The van der Waals surface area contributed by atoms with Crippen molar-refractivity contribution in [3.8, 4) is 0 Å². The van der Waals surface area contributed by atoms with Gasteiger partial charge in [-0.15, -0.1) is 11.8 Å². The van der Waals surface area contributed by atoms with E-state index in [2.05, 4.69) is 24.3 Å². The Hall–Kier alpha value is -0.470. The van der Waals surface area contributed by atoms with Crippen LogP contribution in [0.3, 0.4) is 0 Å². The lowest BCUT2D eigenvalue weighted by Crippen LogP contribution is -2.28. The van der Waals surface area contributed by atoms with E-state index >= 15 is 0 Å². The van der Waals surface area contributed by atoms with Crippen LogP contribution in [0.4, 0.5) is 0 Å². The molecule has 2 heteroatoms. The number of benzene rings is 1. The molecule has 0 atom stereocenters. The lowest BCUT2D eigenvalue weighted by molar-refractivity contribution is 0.554. The zero-order valence-corrected chi connectivity index (χ0v) is 11.0. The topological polar surface area (TPSA) is 26.0 Å². The normalized spacial score (nSPS) is 17.9. The Morgan fingerprint density at radius 1 is 1.12 bits per heavy atom. The van der Waals surface area contributed by atoms with Crippen molar-refractivity contribution < 1.29 is 0 Å². The van der Waals surface area contributed by atoms with Crippen molar-refractivity contribution in [2.24, 2.45) is 5.73 Å². The molecule has 1 aromatic rings.